The molecule has 3 heteroatoms. The van der Waals surface area contributed by atoms with Gasteiger partial charge in [0.15, 0.2) is 0 Å². The maximum Gasteiger partial charge on any atom is 0.106 e. The molecule has 6 unspecified atom stereocenters. The van der Waals surface area contributed by atoms with Crippen LogP contribution in [0, 0.1) is 0 Å². The van der Waals surface area contributed by atoms with Gasteiger partial charge in [0.1, 0.15) is 12.2 Å². The molecule has 3 aliphatic rings. The summed E-state index contributed by atoms with van der Waals surface area (Å²) in [6.07, 6.45) is 9.07. The summed E-state index contributed by atoms with van der Waals surface area (Å²) < 4.78 is 12.2. The molecule has 0 radical (unpaired) electrons. The van der Waals surface area contributed by atoms with E-state index >= 15 is 0 Å². The van der Waals surface area contributed by atoms with Crippen molar-refractivity contribution < 1.29 is 9.47 Å². The molecule has 15 heavy (non-hydrogen) atoms. The lowest BCUT2D eigenvalue weighted by molar-refractivity contribution is -0.184. The number of thioether (sulfide) groups is 1. The van der Waals surface area contributed by atoms with E-state index in [0.29, 0.717) is 10.5 Å². The van der Waals surface area contributed by atoms with Gasteiger partial charge in [0, 0.05) is 10.5 Å². The van der Waals surface area contributed by atoms with E-state index in [1.807, 2.05) is 23.9 Å². The van der Waals surface area contributed by atoms with Gasteiger partial charge in [0.05, 0.1) is 12.2 Å². The van der Waals surface area contributed by atoms with Crippen LogP contribution in [0.2, 0.25) is 0 Å². The van der Waals surface area contributed by atoms with E-state index in [4.69, 9.17) is 9.47 Å². The molecule has 2 heterocycles. The molecule has 0 amide bonds. The minimum absolute atomic E-state index is 0.129. The van der Waals surface area contributed by atoms with Gasteiger partial charge in [0.2, 0.25) is 0 Å². The molecule has 1 aliphatic carbocycles. The number of ether oxygens (including phenoxy) is 2. The normalized spacial score (nSPS) is 52.7. The Kier molecular flexibility index (Phi) is 2.42. The van der Waals surface area contributed by atoms with E-state index in [0.717, 1.165) is 0 Å². The zero-order valence-electron chi connectivity index (χ0n) is 9.00. The van der Waals surface area contributed by atoms with Crippen LogP contribution in [0.4, 0.5) is 0 Å². The van der Waals surface area contributed by atoms with E-state index in [-0.39, 0.29) is 24.4 Å². The molecule has 0 aromatic rings. The largest absolute Gasteiger partial charge is 0.364 e. The Labute approximate surface area is 94.7 Å². The van der Waals surface area contributed by atoms with Gasteiger partial charge < -0.3 is 9.47 Å². The third-order valence-electron chi connectivity index (χ3n) is 3.34. The lowest BCUT2D eigenvalue weighted by atomic mass is 10.0. The van der Waals surface area contributed by atoms with Gasteiger partial charge in [-0.3, -0.25) is 0 Å². The van der Waals surface area contributed by atoms with Crippen LogP contribution in [0.1, 0.15) is 13.8 Å². The van der Waals surface area contributed by atoms with Crippen LogP contribution in [0.3, 0.4) is 0 Å². The molecular weight excluding hydrogens is 208 g/mol. The second kappa shape index (κ2) is 3.65. The quantitative estimate of drug-likeness (QED) is 0.628. The summed E-state index contributed by atoms with van der Waals surface area (Å²) >= 11 is 1.97. The smallest absolute Gasteiger partial charge is 0.106 e. The van der Waals surface area contributed by atoms with Crippen molar-refractivity contribution in [1.82, 2.24) is 0 Å². The van der Waals surface area contributed by atoms with Crippen LogP contribution in [0.25, 0.3) is 0 Å². The topological polar surface area (TPSA) is 18.5 Å². The highest BCUT2D eigenvalue weighted by molar-refractivity contribution is 8.00. The summed E-state index contributed by atoms with van der Waals surface area (Å²) in [7, 11) is 0. The van der Waals surface area contributed by atoms with E-state index < -0.39 is 0 Å². The van der Waals surface area contributed by atoms with Gasteiger partial charge in [-0.2, -0.15) is 11.8 Å². The second-order valence-corrected chi connectivity index (χ2v) is 6.21. The van der Waals surface area contributed by atoms with Crippen molar-refractivity contribution in [3.8, 4) is 0 Å². The Balaban J connectivity index is 1.82. The first-order chi connectivity index (χ1) is 7.25. The minimum Gasteiger partial charge on any atom is -0.364 e. The summed E-state index contributed by atoms with van der Waals surface area (Å²) in [4.78, 5) is 0. The molecule has 3 rings (SSSR count). The number of fused-ring (bicyclic) bond motifs is 2. The molecule has 0 aromatic heterocycles. The molecule has 0 saturated carbocycles. The highest BCUT2D eigenvalue weighted by atomic mass is 32.2. The molecule has 0 aromatic carbocycles. The summed E-state index contributed by atoms with van der Waals surface area (Å²) in [6.45, 7) is 4.47. The highest BCUT2D eigenvalue weighted by Crippen LogP contribution is 2.42. The summed E-state index contributed by atoms with van der Waals surface area (Å²) in [5, 5.41) is 1.09. The van der Waals surface area contributed by atoms with Gasteiger partial charge >= 0.3 is 0 Å². The lowest BCUT2D eigenvalue weighted by Gasteiger charge is -2.39. The van der Waals surface area contributed by atoms with E-state index in [2.05, 4.69) is 26.0 Å². The second-order valence-electron chi connectivity index (χ2n) is 4.45. The van der Waals surface area contributed by atoms with Crippen molar-refractivity contribution in [3.63, 3.8) is 0 Å². The first-order valence-electron chi connectivity index (χ1n) is 5.57. The Hall–Kier alpha value is -0.250. The minimum atomic E-state index is 0.129. The summed E-state index contributed by atoms with van der Waals surface area (Å²) in [6, 6.07) is 0. The number of hydrogen-bond acceptors (Lipinski definition) is 3. The molecule has 0 bridgehead atoms. The van der Waals surface area contributed by atoms with Gasteiger partial charge in [0.25, 0.3) is 0 Å². The fourth-order valence-electron chi connectivity index (χ4n) is 2.58. The zero-order chi connectivity index (χ0) is 10.4. The first kappa shape index (κ1) is 9.94. The lowest BCUT2D eigenvalue weighted by Crippen LogP contribution is -2.50. The fourth-order valence-corrected chi connectivity index (χ4v) is 4.00. The molecule has 82 valence electrons. The highest BCUT2D eigenvalue weighted by Gasteiger charge is 2.47. The van der Waals surface area contributed by atoms with Crippen LogP contribution < -0.4 is 0 Å². The van der Waals surface area contributed by atoms with Crippen molar-refractivity contribution in [2.24, 2.45) is 0 Å². The van der Waals surface area contributed by atoms with Crippen LogP contribution in [-0.4, -0.2) is 34.9 Å². The predicted octanol–water partition coefficient (Wildman–Crippen LogP) is 2.16. The van der Waals surface area contributed by atoms with Gasteiger partial charge in [-0.25, -0.2) is 0 Å². The summed E-state index contributed by atoms with van der Waals surface area (Å²) in [5.41, 5.74) is 0. The van der Waals surface area contributed by atoms with Crippen molar-refractivity contribution in [1.29, 1.82) is 0 Å². The van der Waals surface area contributed by atoms with Gasteiger partial charge in [-0.05, 0) is 0 Å². The Morgan fingerprint density at radius 3 is 1.80 bits per heavy atom. The Bertz CT molecular complexity index is 283. The number of rotatable bonds is 0. The average Bonchev–Trinajstić information content (AvgIpc) is 2.52. The zero-order valence-corrected chi connectivity index (χ0v) is 9.81. The van der Waals surface area contributed by atoms with Crippen molar-refractivity contribution in [2.75, 3.05) is 0 Å². The van der Waals surface area contributed by atoms with Crippen molar-refractivity contribution in [2.45, 2.75) is 48.8 Å². The molecular formula is C12H16O2S. The first-order valence-corrected chi connectivity index (χ1v) is 6.51. The molecule has 2 nitrogen and oxygen atoms in total. The van der Waals surface area contributed by atoms with Crippen LogP contribution >= 0.6 is 11.8 Å². The number of hydrogen-bond donors (Lipinski definition) is 0. The van der Waals surface area contributed by atoms with Crippen molar-refractivity contribution in [3.05, 3.63) is 24.3 Å². The molecule has 0 N–H and O–H groups in total. The third kappa shape index (κ3) is 1.57. The number of allylic oxidation sites excluding steroid dienone is 2. The van der Waals surface area contributed by atoms with E-state index in [1.54, 1.807) is 0 Å². The maximum atomic E-state index is 6.11. The van der Waals surface area contributed by atoms with Gasteiger partial charge in [-0.1, -0.05) is 38.2 Å². The van der Waals surface area contributed by atoms with Crippen LogP contribution in [0.15, 0.2) is 24.3 Å². The molecule has 2 aliphatic heterocycles. The van der Waals surface area contributed by atoms with Crippen molar-refractivity contribution >= 4 is 11.8 Å². The van der Waals surface area contributed by atoms with E-state index in [1.165, 1.54) is 0 Å². The van der Waals surface area contributed by atoms with Crippen LogP contribution in [0.5, 0.6) is 0 Å². The standard InChI is InChI=1S/C12H16O2S/c1-7-11-12(8(2)15-7)14-10-6-4-3-5-9(10)13-11/h3-12H,1-2H3. The van der Waals surface area contributed by atoms with Crippen LogP contribution in [-0.2, 0) is 9.47 Å². The molecule has 2 fully saturated rings. The fraction of sp³-hybridized carbons (Fsp3) is 0.667. The average molecular weight is 224 g/mol. The maximum absolute atomic E-state index is 6.11. The molecule has 6 atom stereocenters. The Morgan fingerprint density at radius 2 is 1.33 bits per heavy atom. The monoisotopic (exact) mass is 224 g/mol. The predicted molar refractivity (Wildman–Crippen MR) is 62.1 cm³/mol. The SMILES string of the molecule is CC1SC(C)C2OC3C=CC=CC3OC12. The van der Waals surface area contributed by atoms with E-state index in [9.17, 15) is 0 Å². The summed E-state index contributed by atoms with van der Waals surface area (Å²) in [5.74, 6) is 0. The Morgan fingerprint density at radius 1 is 0.867 bits per heavy atom. The third-order valence-corrected chi connectivity index (χ3v) is 4.74. The molecule has 0 spiro atoms. The molecule has 2 saturated heterocycles. The van der Waals surface area contributed by atoms with Gasteiger partial charge in [-0.15, -0.1) is 0 Å².